The second-order valence-corrected chi connectivity index (χ2v) is 7.79. The van der Waals surface area contributed by atoms with Crippen molar-refractivity contribution in [3.05, 3.63) is 29.3 Å². The van der Waals surface area contributed by atoms with E-state index >= 15 is 0 Å². The van der Waals surface area contributed by atoms with E-state index in [0.717, 1.165) is 18.4 Å². The van der Waals surface area contributed by atoms with Crippen molar-refractivity contribution in [1.29, 1.82) is 0 Å². The second kappa shape index (κ2) is 8.13. The molecule has 0 amide bonds. The Balaban J connectivity index is 2.17. The zero-order chi connectivity index (χ0) is 18.6. The number of benzene rings is 1. The lowest BCUT2D eigenvalue weighted by Crippen LogP contribution is -2.42. The number of aryl methyl sites for hydroxylation is 1. The molecule has 25 heavy (non-hydrogen) atoms. The van der Waals surface area contributed by atoms with Crippen molar-refractivity contribution in [2.24, 2.45) is 5.41 Å². The van der Waals surface area contributed by atoms with Crippen LogP contribution in [-0.2, 0) is 11.2 Å². The van der Waals surface area contributed by atoms with Crippen LogP contribution < -0.4 is 10.1 Å². The maximum atomic E-state index is 13.6. The number of hydrogen-bond donors (Lipinski definition) is 2. The third kappa shape index (κ3) is 5.66. The number of fused-ring (bicyclic) bond motifs is 1. The number of rotatable bonds is 7. The van der Waals surface area contributed by atoms with Gasteiger partial charge >= 0.3 is 5.97 Å². The number of carboxylic acids is 1. The molecule has 1 aromatic carbocycles. The maximum absolute atomic E-state index is 13.6. The molecule has 1 aromatic rings. The molecule has 0 aliphatic carbocycles. The summed E-state index contributed by atoms with van der Waals surface area (Å²) in [6.45, 7) is 6.57. The van der Waals surface area contributed by atoms with Crippen LogP contribution in [0, 0.1) is 5.41 Å². The molecule has 1 aliphatic rings. The summed E-state index contributed by atoms with van der Waals surface area (Å²) in [4.78, 5) is 11.5. The van der Waals surface area contributed by atoms with Gasteiger partial charge in [0, 0.05) is 0 Å². The standard InChI is InChI=1S/C19H27F2NO3/c1-19(2,3)9-8-14(18(23)24)22-16(17(20)21)13-7-6-12-5-4-10-25-15(12)11-13/h6-7,11,14,16-17,22H,4-5,8-10H2,1-3H3,(H,23,24)/t14-,16-/m0/s1. The fourth-order valence-electron chi connectivity index (χ4n) is 2.94. The molecule has 1 aliphatic heterocycles. The molecule has 0 spiro atoms. The molecule has 4 nitrogen and oxygen atoms in total. The monoisotopic (exact) mass is 355 g/mol. The lowest BCUT2D eigenvalue weighted by molar-refractivity contribution is -0.140. The van der Waals surface area contributed by atoms with Crippen molar-refractivity contribution in [3.8, 4) is 5.75 Å². The van der Waals surface area contributed by atoms with Crippen molar-refractivity contribution < 1.29 is 23.4 Å². The van der Waals surface area contributed by atoms with E-state index in [4.69, 9.17) is 4.74 Å². The summed E-state index contributed by atoms with van der Waals surface area (Å²) in [5, 5.41) is 12.1. The van der Waals surface area contributed by atoms with Gasteiger partial charge in [-0.15, -0.1) is 0 Å². The molecule has 140 valence electrons. The van der Waals surface area contributed by atoms with Gasteiger partial charge in [-0.3, -0.25) is 10.1 Å². The number of ether oxygens (including phenoxy) is 1. The maximum Gasteiger partial charge on any atom is 0.320 e. The first kappa shape index (κ1) is 19.6. The van der Waals surface area contributed by atoms with Gasteiger partial charge in [-0.2, -0.15) is 0 Å². The summed E-state index contributed by atoms with van der Waals surface area (Å²) in [7, 11) is 0. The lowest BCUT2D eigenvalue weighted by Gasteiger charge is -2.27. The summed E-state index contributed by atoms with van der Waals surface area (Å²) in [5.74, 6) is -0.484. The minimum absolute atomic E-state index is 0.0602. The molecule has 0 bridgehead atoms. The fraction of sp³-hybridized carbons (Fsp3) is 0.632. The molecular formula is C19H27F2NO3. The highest BCUT2D eigenvalue weighted by Gasteiger charge is 2.30. The van der Waals surface area contributed by atoms with Gasteiger partial charge in [-0.1, -0.05) is 32.9 Å². The Hall–Kier alpha value is -1.69. The van der Waals surface area contributed by atoms with Crippen LogP contribution in [0.5, 0.6) is 5.75 Å². The van der Waals surface area contributed by atoms with Crippen molar-refractivity contribution >= 4 is 5.97 Å². The van der Waals surface area contributed by atoms with E-state index in [1.54, 1.807) is 18.2 Å². The predicted molar refractivity (Wildman–Crippen MR) is 92.3 cm³/mol. The molecule has 6 heteroatoms. The van der Waals surface area contributed by atoms with Gasteiger partial charge in [0.25, 0.3) is 6.43 Å². The molecule has 0 aromatic heterocycles. The molecule has 2 rings (SSSR count). The zero-order valence-electron chi connectivity index (χ0n) is 15.0. The molecule has 0 unspecified atom stereocenters. The van der Waals surface area contributed by atoms with E-state index in [1.165, 1.54) is 0 Å². The lowest BCUT2D eigenvalue weighted by atomic mass is 9.88. The SMILES string of the molecule is CC(C)(C)CC[C@H](N[C@@H](c1ccc2c(c1)OCCC2)C(F)F)C(=O)O. The van der Waals surface area contributed by atoms with Gasteiger partial charge in [0.1, 0.15) is 11.8 Å². The average molecular weight is 355 g/mol. The van der Waals surface area contributed by atoms with E-state index in [9.17, 15) is 18.7 Å². The predicted octanol–water partition coefficient (Wildman–Crippen LogP) is 4.19. The quantitative estimate of drug-likeness (QED) is 0.770. The molecule has 2 atom stereocenters. The Kier molecular flexibility index (Phi) is 6.38. The van der Waals surface area contributed by atoms with Gasteiger partial charge in [-0.25, -0.2) is 8.78 Å². The number of halogens is 2. The highest BCUT2D eigenvalue weighted by atomic mass is 19.3. The summed E-state index contributed by atoms with van der Waals surface area (Å²) in [5.41, 5.74) is 1.30. The molecule has 0 saturated heterocycles. The van der Waals surface area contributed by atoms with Gasteiger partial charge in [0.05, 0.1) is 12.6 Å². The van der Waals surface area contributed by atoms with Crippen LogP contribution >= 0.6 is 0 Å². The third-order valence-electron chi connectivity index (χ3n) is 4.41. The Labute approximate surface area is 147 Å². The van der Waals surface area contributed by atoms with Gasteiger partial charge in [-0.05, 0) is 48.3 Å². The molecule has 2 N–H and O–H groups in total. The number of carbonyl (C=O) groups is 1. The number of carboxylic acid groups (broad SMARTS) is 1. The topological polar surface area (TPSA) is 58.6 Å². The Morgan fingerprint density at radius 3 is 2.68 bits per heavy atom. The highest BCUT2D eigenvalue weighted by Crippen LogP contribution is 2.31. The minimum atomic E-state index is -2.71. The fourth-order valence-corrected chi connectivity index (χ4v) is 2.94. The first-order valence-corrected chi connectivity index (χ1v) is 8.70. The van der Waals surface area contributed by atoms with E-state index in [0.29, 0.717) is 30.8 Å². The van der Waals surface area contributed by atoms with Crippen molar-refractivity contribution in [2.75, 3.05) is 6.61 Å². The van der Waals surface area contributed by atoms with Crippen molar-refractivity contribution in [2.45, 2.75) is 65.0 Å². The smallest absolute Gasteiger partial charge is 0.320 e. The summed E-state index contributed by atoms with van der Waals surface area (Å²) >= 11 is 0. The number of aliphatic carboxylic acids is 1. The Morgan fingerprint density at radius 2 is 2.08 bits per heavy atom. The molecule has 1 heterocycles. The van der Waals surface area contributed by atoms with Crippen LogP contribution in [0.15, 0.2) is 18.2 Å². The molecule has 0 fully saturated rings. The van der Waals surface area contributed by atoms with E-state index in [-0.39, 0.29) is 5.41 Å². The summed E-state index contributed by atoms with van der Waals surface area (Å²) < 4.78 is 32.8. The minimum Gasteiger partial charge on any atom is -0.493 e. The van der Waals surface area contributed by atoms with E-state index in [2.05, 4.69) is 5.32 Å². The summed E-state index contributed by atoms with van der Waals surface area (Å²) in [6, 6.07) is 2.69. The number of alkyl halides is 2. The largest absolute Gasteiger partial charge is 0.493 e. The number of hydrogen-bond acceptors (Lipinski definition) is 3. The molecule has 0 radical (unpaired) electrons. The van der Waals surface area contributed by atoms with E-state index < -0.39 is 24.5 Å². The average Bonchev–Trinajstić information content (AvgIpc) is 2.53. The van der Waals surface area contributed by atoms with Gasteiger partial charge < -0.3 is 9.84 Å². The normalized spacial score (nSPS) is 16.9. The Bertz CT molecular complexity index is 599. The van der Waals surface area contributed by atoms with Crippen LogP contribution in [0.3, 0.4) is 0 Å². The second-order valence-electron chi connectivity index (χ2n) is 7.79. The number of nitrogens with one attached hydrogen (secondary N) is 1. The van der Waals surface area contributed by atoms with Crippen molar-refractivity contribution in [3.63, 3.8) is 0 Å². The molecule has 0 saturated carbocycles. The van der Waals surface area contributed by atoms with Crippen LogP contribution in [0.25, 0.3) is 0 Å². The van der Waals surface area contributed by atoms with Gasteiger partial charge in [0.2, 0.25) is 0 Å². The Morgan fingerprint density at radius 1 is 1.36 bits per heavy atom. The summed E-state index contributed by atoms with van der Waals surface area (Å²) in [6.07, 6.45) is -0.00947. The third-order valence-corrected chi connectivity index (χ3v) is 4.41. The van der Waals surface area contributed by atoms with Crippen LogP contribution in [0.1, 0.15) is 57.2 Å². The van der Waals surface area contributed by atoms with Crippen LogP contribution in [0.2, 0.25) is 0 Å². The highest BCUT2D eigenvalue weighted by molar-refractivity contribution is 5.73. The van der Waals surface area contributed by atoms with Crippen LogP contribution in [-0.4, -0.2) is 30.2 Å². The van der Waals surface area contributed by atoms with Gasteiger partial charge in [0.15, 0.2) is 0 Å². The zero-order valence-corrected chi connectivity index (χ0v) is 15.0. The van der Waals surface area contributed by atoms with Crippen LogP contribution in [0.4, 0.5) is 8.78 Å². The van der Waals surface area contributed by atoms with Crippen molar-refractivity contribution in [1.82, 2.24) is 5.32 Å². The molecular weight excluding hydrogens is 328 g/mol. The first-order chi connectivity index (χ1) is 11.7. The first-order valence-electron chi connectivity index (χ1n) is 8.70. The van der Waals surface area contributed by atoms with E-state index in [1.807, 2.05) is 20.8 Å².